The number of carbonyl (C=O) groups is 1. The predicted octanol–water partition coefficient (Wildman–Crippen LogP) is 2.03. The molecular weight excluding hydrogens is 212 g/mol. The lowest BCUT2D eigenvalue weighted by Gasteiger charge is -2.19. The summed E-state index contributed by atoms with van der Waals surface area (Å²) in [5.74, 6) is 0.0848. The first-order chi connectivity index (χ1) is 8.06. The van der Waals surface area contributed by atoms with Crippen molar-refractivity contribution in [3.05, 3.63) is 35.4 Å². The van der Waals surface area contributed by atoms with E-state index in [2.05, 4.69) is 29.7 Å². The fourth-order valence-corrected chi connectivity index (χ4v) is 1.90. The van der Waals surface area contributed by atoms with Crippen LogP contribution in [0.3, 0.4) is 0 Å². The summed E-state index contributed by atoms with van der Waals surface area (Å²) in [5, 5.41) is 6.05. The van der Waals surface area contributed by atoms with Crippen LogP contribution in [0.15, 0.2) is 24.3 Å². The number of amides is 1. The molecule has 0 aliphatic rings. The van der Waals surface area contributed by atoms with Crippen molar-refractivity contribution in [3.63, 3.8) is 0 Å². The maximum Gasteiger partial charge on any atom is 0.224 e. The maximum atomic E-state index is 11.9. The molecule has 0 fully saturated rings. The van der Waals surface area contributed by atoms with Crippen molar-refractivity contribution in [1.82, 2.24) is 10.6 Å². The van der Waals surface area contributed by atoms with Gasteiger partial charge >= 0.3 is 0 Å². The number of nitrogens with one attached hydrogen (secondary N) is 2. The maximum absolute atomic E-state index is 11.9. The van der Waals surface area contributed by atoms with Crippen LogP contribution in [-0.4, -0.2) is 19.5 Å². The highest BCUT2D eigenvalue weighted by atomic mass is 16.1. The summed E-state index contributed by atoms with van der Waals surface area (Å²) < 4.78 is 0. The van der Waals surface area contributed by atoms with Crippen LogP contribution in [0.2, 0.25) is 0 Å². The fourth-order valence-electron chi connectivity index (χ4n) is 1.90. The van der Waals surface area contributed by atoms with Crippen LogP contribution >= 0.6 is 0 Å². The van der Waals surface area contributed by atoms with Crippen molar-refractivity contribution in [3.8, 4) is 0 Å². The zero-order valence-electron chi connectivity index (χ0n) is 11.1. The van der Waals surface area contributed by atoms with Gasteiger partial charge in [0, 0.05) is 12.5 Å². The van der Waals surface area contributed by atoms with Crippen molar-refractivity contribution in [2.45, 2.75) is 26.8 Å². The Bertz CT molecular complexity index is 376. The standard InChI is InChI=1S/C14H22N2O/c1-10-7-5-6-8-13(10)12(3)16-14(17)11(2)9-15-4/h5-8,11-12,15H,9H2,1-4H3,(H,16,17). The summed E-state index contributed by atoms with van der Waals surface area (Å²) in [6.07, 6.45) is 0. The van der Waals surface area contributed by atoms with Gasteiger partial charge in [-0.1, -0.05) is 31.2 Å². The molecule has 1 aromatic rings. The topological polar surface area (TPSA) is 41.1 Å². The van der Waals surface area contributed by atoms with Crippen LogP contribution in [0.1, 0.15) is 31.0 Å². The van der Waals surface area contributed by atoms with Gasteiger partial charge < -0.3 is 10.6 Å². The minimum atomic E-state index is -0.00790. The Morgan fingerprint density at radius 3 is 2.53 bits per heavy atom. The van der Waals surface area contributed by atoms with Crippen LogP contribution < -0.4 is 10.6 Å². The Hall–Kier alpha value is -1.35. The molecule has 94 valence electrons. The lowest BCUT2D eigenvalue weighted by Crippen LogP contribution is -2.35. The second kappa shape index (κ2) is 6.40. The molecule has 0 radical (unpaired) electrons. The SMILES string of the molecule is CNCC(C)C(=O)NC(C)c1ccccc1C. The number of benzene rings is 1. The van der Waals surface area contributed by atoms with Crippen molar-refractivity contribution in [1.29, 1.82) is 0 Å². The van der Waals surface area contributed by atoms with E-state index in [-0.39, 0.29) is 17.9 Å². The molecule has 0 heterocycles. The number of aryl methyl sites for hydroxylation is 1. The van der Waals surface area contributed by atoms with Gasteiger partial charge in [-0.25, -0.2) is 0 Å². The lowest BCUT2D eigenvalue weighted by atomic mass is 10.0. The van der Waals surface area contributed by atoms with E-state index in [0.717, 1.165) is 0 Å². The highest BCUT2D eigenvalue weighted by molar-refractivity contribution is 5.79. The van der Waals surface area contributed by atoms with Crippen LogP contribution in [-0.2, 0) is 4.79 Å². The van der Waals surface area contributed by atoms with Gasteiger partial charge in [0.25, 0.3) is 0 Å². The van der Waals surface area contributed by atoms with Crippen molar-refractivity contribution >= 4 is 5.91 Å². The third-order valence-electron chi connectivity index (χ3n) is 2.97. The first-order valence-corrected chi connectivity index (χ1v) is 6.06. The molecular formula is C14H22N2O. The molecule has 0 bridgehead atoms. The Morgan fingerprint density at radius 2 is 1.94 bits per heavy atom. The molecule has 2 N–H and O–H groups in total. The molecule has 2 atom stereocenters. The molecule has 1 aromatic carbocycles. The molecule has 17 heavy (non-hydrogen) atoms. The van der Waals surface area contributed by atoms with E-state index in [1.54, 1.807) is 0 Å². The summed E-state index contributed by atoms with van der Waals surface area (Å²) in [5.41, 5.74) is 2.39. The van der Waals surface area contributed by atoms with Crippen LogP contribution in [0.4, 0.5) is 0 Å². The van der Waals surface area contributed by atoms with Gasteiger partial charge in [0.15, 0.2) is 0 Å². The molecule has 1 rings (SSSR count). The summed E-state index contributed by atoms with van der Waals surface area (Å²) in [6, 6.07) is 8.19. The van der Waals surface area contributed by atoms with Gasteiger partial charge in [-0.05, 0) is 32.0 Å². The number of rotatable bonds is 5. The van der Waals surface area contributed by atoms with Gasteiger partial charge in [0.1, 0.15) is 0 Å². The van der Waals surface area contributed by atoms with Crippen LogP contribution in [0, 0.1) is 12.8 Å². The molecule has 0 aromatic heterocycles. The van der Waals surface area contributed by atoms with Crippen LogP contribution in [0.5, 0.6) is 0 Å². The summed E-state index contributed by atoms with van der Waals surface area (Å²) in [4.78, 5) is 11.9. The molecule has 3 nitrogen and oxygen atoms in total. The second-order valence-corrected chi connectivity index (χ2v) is 4.55. The number of carbonyl (C=O) groups excluding carboxylic acids is 1. The smallest absolute Gasteiger partial charge is 0.224 e. The molecule has 1 amide bonds. The molecule has 0 spiro atoms. The zero-order valence-corrected chi connectivity index (χ0v) is 11.1. The fraction of sp³-hybridized carbons (Fsp3) is 0.500. The van der Waals surface area contributed by atoms with E-state index in [1.165, 1.54) is 11.1 Å². The van der Waals surface area contributed by atoms with Gasteiger partial charge in [-0.3, -0.25) is 4.79 Å². The van der Waals surface area contributed by atoms with Crippen molar-refractivity contribution in [2.75, 3.05) is 13.6 Å². The minimum absolute atomic E-state index is 0.00790. The zero-order chi connectivity index (χ0) is 12.8. The molecule has 3 heteroatoms. The van der Waals surface area contributed by atoms with Gasteiger partial charge in [-0.2, -0.15) is 0 Å². The van der Waals surface area contributed by atoms with Crippen molar-refractivity contribution < 1.29 is 4.79 Å². The van der Waals surface area contributed by atoms with E-state index >= 15 is 0 Å². The molecule has 0 saturated heterocycles. The van der Waals surface area contributed by atoms with Gasteiger partial charge in [0.2, 0.25) is 5.91 Å². The summed E-state index contributed by atoms with van der Waals surface area (Å²) in [7, 11) is 1.86. The van der Waals surface area contributed by atoms with Crippen LogP contribution in [0.25, 0.3) is 0 Å². The lowest BCUT2D eigenvalue weighted by molar-refractivity contribution is -0.125. The Labute approximate surface area is 104 Å². The third-order valence-corrected chi connectivity index (χ3v) is 2.97. The average Bonchev–Trinajstić information content (AvgIpc) is 2.29. The molecule has 2 unspecified atom stereocenters. The summed E-state index contributed by atoms with van der Waals surface area (Å²) >= 11 is 0. The first-order valence-electron chi connectivity index (χ1n) is 6.06. The van der Waals surface area contributed by atoms with E-state index in [1.807, 2.05) is 33.0 Å². The highest BCUT2D eigenvalue weighted by Crippen LogP contribution is 2.16. The molecule has 0 aliphatic heterocycles. The Balaban J connectivity index is 2.63. The Kier molecular flexibility index (Phi) is 5.16. The van der Waals surface area contributed by atoms with Gasteiger partial charge in [-0.15, -0.1) is 0 Å². The highest BCUT2D eigenvalue weighted by Gasteiger charge is 2.16. The second-order valence-electron chi connectivity index (χ2n) is 4.55. The number of hydrogen-bond acceptors (Lipinski definition) is 2. The average molecular weight is 234 g/mol. The van der Waals surface area contributed by atoms with Gasteiger partial charge in [0.05, 0.1) is 6.04 Å². The van der Waals surface area contributed by atoms with E-state index in [0.29, 0.717) is 6.54 Å². The normalized spacial score (nSPS) is 14.1. The summed E-state index contributed by atoms with van der Waals surface area (Å²) in [6.45, 7) is 6.71. The number of hydrogen-bond donors (Lipinski definition) is 2. The Morgan fingerprint density at radius 1 is 1.29 bits per heavy atom. The molecule has 0 saturated carbocycles. The third kappa shape index (κ3) is 3.86. The van der Waals surface area contributed by atoms with E-state index < -0.39 is 0 Å². The van der Waals surface area contributed by atoms with E-state index in [4.69, 9.17) is 0 Å². The molecule has 0 aliphatic carbocycles. The van der Waals surface area contributed by atoms with Crippen molar-refractivity contribution in [2.24, 2.45) is 5.92 Å². The quantitative estimate of drug-likeness (QED) is 0.818. The monoisotopic (exact) mass is 234 g/mol. The largest absolute Gasteiger partial charge is 0.349 e. The predicted molar refractivity (Wildman–Crippen MR) is 70.8 cm³/mol. The van der Waals surface area contributed by atoms with E-state index in [9.17, 15) is 4.79 Å². The minimum Gasteiger partial charge on any atom is -0.349 e. The first kappa shape index (κ1) is 13.7.